The molecular weight excluding hydrogens is 442 g/mol. The Bertz CT molecular complexity index is 1260. The molecular formula is C22H19F4N5S. The van der Waals surface area contributed by atoms with E-state index >= 15 is 0 Å². The van der Waals surface area contributed by atoms with Crippen molar-refractivity contribution >= 4 is 24.1 Å². The minimum absolute atomic E-state index is 0.0370. The van der Waals surface area contributed by atoms with Crippen LogP contribution in [-0.4, -0.2) is 14.8 Å². The summed E-state index contributed by atoms with van der Waals surface area (Å²) in [5.41, 5.74) is 12.3. The molecule has 0 amide bonds. The number of nitrogen functional groups attached to an aromatic ring is 2. The summed E-state index contributed by atoms with van der Waals surface area (Å²) in [5.74, 6) is -2.21. The first-order chi connectivity index (χ1) is 15.2. The highest BCUT2D eigenvalue weighted by Crippen LogP contribution is 2.36. The van der Waals surface area contributed by atoms with E-state index in [0.29, 0.717) is 23.5 Å². The van der Waals surface area contributed by atoms with Gasteiger partial charge in [0.05, 0.1) is 11.3 Å². The third kappa shape index (κ3) is 5.02. The summed E-state index contributed by atoms with van der Waals surface area (Å²) >= 11 is 3.65. The number of benzene rings is 2. The molecule has 0 unspecified atom stereocenters. The third-order valence-corrected chi connectivity index (χ3v) is 4.79. The Kier molecular flexibility index (Phi) is 7.04. The lowest BCUT2D eigenvalue weighted by atomic mass is 10.0. The second-order valence-electron chi connectivity index (χ2n) is 6.64. The van der Waals surface area contributed by atoms with Gasteiger partial charge < -0.3 is 11.5 Å². The van der Waals surface area contributed by atoms with Crippen LogP contribution in [0, 0.1) is 23.3 Å². The first-order valence-electron chi connectivity index (χ1n) is 9.38. The predicted molar refractivity (Wildman–Crippen MR) is 119 cm³/mol. The maximum atomic E-state index is 14.4. The Morgan fingerprint density at radius 1 is 0.969 bits per heavy atom. The van der Waals surface area contributed by atoms with E-state index in [4.69, 9.17) is 11.5 Å². The summed E-state index contributed by atoms with van der Waals surface area (Å²) in [4.78, 5) is 3.96. The summed E-state index contributed by atoms with van der Waals surface area (Å²) in [5, 5.41) is 4.29. The van der Waals surface area contributed by atoms with Crippen LogP contribution in [0.1, 0.15) is 6.92 Å². The van der Waals surface area contributed by atoms with Crippen LogP contribution in [0.15, 0.2) is 59.8 Å². The van der Waals surface area contributed by atoms with E-state index in [1.165, 1.54) is 12.3 Å². The van der Waals surface area contributed by atoms with Gasteiger partial charge in [0.1, 0.15) is 29.0 Å². The molecule has 2 heterocycles. The van der Waals surface area contributed by atoms with Crippen LogP contribution in [0.4, 0.5) is 29.1 Å². The van der Waals surface area contributed by atoms with Gasteiger partial charge in [-0.15, -0.1) is 12.6 Å². The first kappa shape index (κ1) is 23.1. The maximum Gasteiger partial charge on any atom is 0.158 e. The number of nitrogens with zero attached hydrogens (tertiary/aromatic N) is 3. The van der Waals surface area contributed by atoms with Gasteiger partial charge in [-0.2, -0.15) is 5.10 Å². The Hall–Kier alpha value is -3.53. The van der Waals surface area contributed by atoms with Gasteiger partial charge in [-0.05, 0) is 55.0 Å². The lowest BCUT2D eigenvalue weighted by molar-refractivity contribution is 0.578. The van der Waals surface area contributed by atoms with Crippen molar-refractivity contribution in [3.63, 3.8) is 0 Å². The van der Waals surface area contributed by atoms with E-state index in [2.05, 4.69) is 22.7 Å². The van der Waals surface area contributed by atoms with Crippen molar-refractivity contribution in [3.05, 3.63) is 78.1 Å². The quantitative estimate of drug-likeness (QED) is 0.219. The van der Waals surface area contributed by atoms with Gasteiger partial charge in [0.2, 0.25) is 0 Å². The van der Waals surface area contributed by atoms with Crippen molar-refractivity contribution in [2.45, 2.75) is 18.4 Å². The van der Waals surface area contributed by atoms with E-state index in [-0.39, 0.29) is 21.8 Å². The average molecular weight is 461 g/mol. The molecule has 2 aromatic carbocycles. The van der Waals surface area contributed by atoms with Crippen LogP contribution in [0.25, 0.3) is 22.4 Å². The molecule has 0 bridgehead atoms. The second kappa shape index (κ2) is 9.73. The number of anilines is 2. The number of aromatic nitrogens is 3. The molecule has 0 aliphatic carbocycles. The van der Waals surface area contributed by atoms with E-state index in [1.807, 2.05) is 6.92 Å². The molecule has 32 heavy (non-hydrogen) atoms. The fraction of sp³-hybridized carbons (Fsp3) is 0.0909. The van der Waals surface area contributed by atoms with E-state index < -0.39 is 23.3 Å². The van der Waals surface area contributed by atoms with Gasteiger partial charge in [0, 0.05) is 29.4 Å². The van der Waals surface area contributed by atoms with Crippen molar-refractivity contribution in [1.29, 1.82) is 0 Å². The molecule has 0 aliphatic rings. The summed E-state index contributed by atoms with van der Waals surface area (Å²) in [6.45, 7) is 2.44. The number of nitrogens with two attached hydrogens (primary N) is 2. The highest BCUT2D eigenvalue weighted by Gasteiger charge is 2.21. The summed E-state index contributed by atoms with van der Waals surface area (Å²) in [6, 6.07) is 8.77. The van der Waals surface area contributed by atoms with Crippen LogP contribution in [0.3, 0.4) is 0 Å². The van der Waals surface area contributed by atoms with Crippen molar-refractivity contribution in [2.75, 3.05) is 11.5 Å². The van der Waals surface area contributed by atoms with Crippen LogP contribution in [0.2, 0.25) is 0 Å². The molecule has 0 radical (unpaired) electrons. The molecule has 0 fully saturated rings. The van der Waals surface area contributed by atoms with Gasteiger partial charge in [0.25, 0.3) is 0 Å². The smallest absolute Gasteiger partial charge is 0.158 e. The van der Waals surface area contributed by atoms with Crippen molar-refractivity contribution in [2.24, 2.45) is 0 Å². The Morgan fingerprint density at radius 2 is 1.69 bits per heavy atom. The fourth-order valence-corrected chi connectivity index (χ4v) is 3.06. The molecule has 0 saturated heterocycles. The highest BCUT2D eigenvalue weighted by molar-refractivity contribution is 7.80. The van der Waals surface area contributed by atoms with Crippen LogP contribution < -0.4 is 11.5 Å². The largest absolute Gasteiger partial charge is 0.396 e. The number of aryl methyl sites for hydroxylation is 1. The lowest BCUT2D eigenvalue weighted by Gasteiger charge is -2.07. The SMILES string of the molecule is CCn1cc(-c2ccnc(N)c2)c(-c2c(F)ccc(N)c2F)n1.Fc1ccc(F)c(S)c1. The molecule has 166 valence electrons. The standard InChI is InChI=1S/C16H15F2N5.C6H4F2S/c1-2-23-8-10(9-5-6-21-13(20)7-9)16(22-23)14-11(17)3-4-12(19)15(14)18;7-4-1-2-5(8)6(9)3-4/h3-8H,2,19H2,1H3,(H2,20,21);1-3,9H. The predicted octanol–water partition coefficient (Wildman–Crippen LogP) is 5.33. The minimum atomic E-state index is -0.824. The van der Waals surface area contributed by atoms with Crippen molar-refractivity contribution in [1.82, 2.24) is 14.8 Å². The Labute approximate surface area is 187 Å². The topological polar surface area (TPSA) is 82.8 Å². The van der Waals surface area contributed by atoms with Gasteiger partial charge in [-0.1, -0.05) is 0 Å². The molecule has 0 saturated carbocycles. The number of hydrogen-bond acceptors (Lipinski definition) is 5. The molecule has 0 aliphatic heterocycles. The molecule has 0 spiro atoms. The Balaban J connectivity index is 0.000000269. The Morgan fingerprint density at radius 3 is 2.31 bits per heavy atom. The third-order valence-electron chi connectivity index (χ3n) is 4.44. The number of thiol groups is 1. The first-order valence-corrected chi connectivity index (χ1v) is 9.83. The van der Waals surface area contributed by atoms with Gasteiger partial charge >= 0.3 is 0 Å². The number of rotatable bonds is 3. The van der Waals surface area contributed by atoms with E-state index in [1.54, 1.807) is 23.0 Å². The van der Waals surface area contributed by atoms with Crippen molar-refractivity contribution in [3.8, 4) is 22.4 Å². The number of halogens is 4. The van der Waals surface area contributed by atoms with Gasteiger partial charge in [-0.25, -0.2) is 22.5 Å². The molecule has 5 nitrogen and oxygen atoms in total. The van der Waals surface area contributed by atoms with Crippen LogP contribution in [0.5, 0.6) is 0 Å². The zero-order chi connectivity index (χ0) is 23.4. The molecule has 4 N–H and O–H groups in total. The lowest BCUT2D eigenvalue weighted by Crippen LogP contribution is -1.99. The fourth-order valence-electron chi connectivity index (χ4n) is 2.87. The van der Waals surface area contributed by atoms with Crippen molar-refractivity contribution < 1.29 is 17.6 Å². The molecule has 4 aromatic rings. The number of hydrogen-bond donors (Lipinski definition) is 3. The molecule has 10 heteroatoms. The monoisotopic (exact) mass is 461 g/mol. The number of pyridine rings is 1. The van der Waals surface area contributed by atoms with Crippen LogP contribution in [-0.2, 0) is 6.54 Å². The maximum absolute atomic E-state index is 14.4. The zero-order valence-electron chi connectivity index (χ0n) is 16.9. The summed E-state index contributed by atoms with van der Waals surface area (Å²) in [6.07, 6.45) is 3.25. The van der Waals surface area contributed by atoms with E-state index in [0.717, 1.165) is 24.3 Å². The highest BCUT2D eigenvalue weighted by atomic mass is 32.1. The average Bonchev–Trinajstić information content (AvgIpc) is 3.19. The molecule has 0 atom stereocenters. The minimum Gasteiger partial charge on any atom is -0.396 e. The zero-order valence-corrected chi connectivity index (χ0v) is 17.8. The molecule has 2 aromatic heterocycles. The van der Waals surface area contributed by atoms with Gasteiger partial charge in [0.15, 0.2) is 5.82 Å². The van der Waals surface area contributed by atoms with E-state index in [9.17, 15) is 17.6 Å². The van der Waals surface area contributed by atoms with Crippen LogP contribution >= 0.6 is 12.6 Å². The summed E-state index contributed by atoms with van der Waals surface area (Å²) < 4.78 is 54.6. The second-order valence-corrected chi connectivity index (χ2v) is 7.12. The molecule has 4 rings (SSSR count). The summed E-state index contributed by atoms with van der Waals surface area (Å²) in [7, 11) is 0. The van der Waals surface area contributed by atoms with Gasteiger partial charge in [-0.3, -0.25) is 4.68 Å². The normalized spacial score (nSPS) is 10.6.